The molecule has 2 fully saturated rings. The lowest BCUT2D eigenvalue weighted by atomic mass is 9.99. The fourth-order valence-electron chi connectivity index (χ4n) is 10.8. The molecule has 29 heteroatoms. The predicted octanol–water partition coefficient (Wildman–Crippen LogP) is -1.85. The van der Waals surface area contributed by atoms with Crippen molar-refractivity contribution < 1.29 is 58.2 Å². The van der Waals surface area contributed by atoms with Crippen molar-refractivity contribution in [2.75, 3.05) is 26.2 Å². The molecule has 482 valence electrons. The standard InChI is InChI=1S/C61H81N17O12/c1-4-66-59(89)50-14-9-23-78(50)60(90)43(13-8-22-67-61(62)63)71-53(83)44(24-34(2)3)72-55(85)46(26-36-10-7-21-64-29-36)73-54(84)45(25-35-15-17-39(80)18-16-35)74-58(88)49(32-79)77-56(86)47(27-37-30-68-41-12-6-5-11-40(37)41)75-57(87)48(28-38-31-65-33-69-38)76-52(82)42-19-20-51(81)70-42/h5-7,10-12,15-18,21,29-31,33-34,42-50,68,79-80H,4,8-9,13-14,19-20,22-28,32H2,1-3H3,(H,65,69)(H,66,89)(H,70,81)(H,71,83)(H,72,85)(H,73,84)(H,74,88)(H,75,87)(H,76,82)(H,77,86)(H4,62,63,67)/t42-,43-,44-,45-,46+,47-,48-,49-,50-/m0/s1. The van der Waals surface area contributed by atoms with Crippen LogP contribution in [0.4, 0.5) is 0 Å². The number of carbonyl (C=O) groups excluding carboxylic acids is 10. The summed E-state index contributed by atoms with van der Waals surface area (Å²) < 4.78 is 0. The molecular formula is C61H81N17O12. The number of nitrogens with two attached hydrogens (primary N) is 2. The van der Waals surface area contributed by atoms with Crippen molar-refractivity contribution in [2.45, 2.75) is 146 Å². The Hall–Kier alpha value is -9.93. The van der Waals surface area contributed by atoms with Crippen LogP contribution in [0.25, 0.3) is 10.9 Å². The zero-order chi connectivity index (χ0) is 64.9. The molecule has 5 aromatic rings. The van der Waals surface area contributed by atoms with Gasteiger partial charge >= 0.3 is 0 Å². The molecule has 0 unspecified atom stereocenters. The molecule has 9 atom stereocenters. The summed E-state index contributed by atoms with van der Waals surface area (Å²) in [5, 5.41) is 46.0. The van der Waals surface area contributed by atoms with E-state index >= 15 is 0 Å². The van der Waals surface area contributed by atoms with E-state index in [4.69, 9.17) is 11.5 Å². The highest BCUT2D eigenvalue weighted by atomic mass is 16.3. The molecule has 7 rings (SSSR count). The zero-order valence-electron chi connectivity index (χ0n) is 50.5. The first kappa shape index (κ1) is 67.6. The van der Waals surface area contributed by atoms with Gasteiger partial charge in [-0.25, -0.2) is 4.98 Å². The number of aromatic hydroxyl groups is 1. The number of pyridine rings is 1. The summed E-state index contributed by atoms with van der Waals surface area (Å²) in [4.78, 5) is 160. The predicted molar refractivity (Wildman–Crippen MR) is 329 cm³/mol. The minimum Gasteiger partial charge on any atom is -0.508 e. The van der Waals surface area contributed by atoms with Gasteiger partial charge in [-0.2, -0.15) is 0 Å². The maximum absolute atomic E-state index is 14.9. The smallest absolute Gasteiger partial charge is 0.245 e. The first-order valence-corrected chi connectivity index (χ1v) is 30.0. The number of benzene rings is 2. The number of hydrogen-bond donors (Lipinski definition) is 15. The zero-order valence-corrected chi connectivity index (χ0v) is 50.5. The monoisotopic (exact) mass is 1240 g/mol. The Bertz CT molecular complexity index is 3320. The Morgan fingerprint density at radius 1 is 0.689 bits per heavy atom. The normalized spacial score (nSPS) is 16.9. The van der Waals surface area contributed by atoms with Gasteiger partial charge in [0.15, 0.2) is 5.96 Å². The molecule has 17 N–H and O–H groups in total. The molecular weight excluding hydrogens is 1160 g/mol. The average Bonchev–Trinajstić information content (AvgIpc) is 1.92. The number of para-hydroxylation sites is 1. The van der Waals surface area contributed by atoms with Crippen molar-refractivity contribution in [2.24, 2.45) is 22.4 Å². The van der Waals surface area contributed by atoms with Crippen LogP contribution in [-0.4, -0.2) is 181 Å². The van der Waals surface area contributed by atoms with E-state index in [0.29, 0.717) is 52.7 Å². The summed E-state index contributed by atoms with van der Waals surface area (Å²) in [7, 11) is 0. The van der Waals surface area contributed by atoms with E-state index in [1.54, 1.807) is 43.5 Å². The van der Waals surface area contributed by atoms with Gasteiger partial charge in [0.25, 0.3) is 0 Å². The second-order valence-electron chi connectivity index (χ2n) is 22.7. The van der Waals surface area contributed by atoms with Crippen molar-refractivity contribution in [3.63, 3.8) is 0 Å². The van der Waals surface area contributed by atoms with Gasteiger partial charge in [0.1, 0.15) is 60.1 Å². The number of aliphatic imine (C=N–C) groups is 1. The SMILES string of the molecule is CCNC(=O)[C@@H]1CCCN1C(=O)[C@H](CCCN=C(N)N)NC(=O)[C@H](CC(C)C)NC(=O)[C@@H](Cc1cccnc1)NC(=O)[C@H](Cc1ccc(O)cc1)NC(=O)[C@H](CO)NC(=O)[C@H](Cc1c[nH]c2ccccc12)NC(=O)[C@H](Cc1cnc[nH]1)NC(=O)[C@@H]1CCC(=O)N1. The number of H-pyrrole nitrogens is 2. The maximum atomic E-state index is 14.9. The van der Waals surface area contributed by atoms with E-state index in [2.05, 4.69) is 72.8 Å². The number of phenols is 1. The summed E-state index contributed by atoms with van der Waals surface area (Å²) >= 11 is 0. The van der Waals surface area contributed by atoms with Gasteiger partial charge in [-0.1, -0.05) is 50.2 Å². The number of imidazole rings is 1. The summed E-state index contributed by atoms with van der Waals surface area (Å²) in [6, 6.07) is 4.43. The van der Waals surface area contributed by atoms with Gasteiger partial charge in [-0.15, -0.1) is 0 Å². The molecule has 2 saturated heterocycles. The Balaban J connectivity index is 1.13. The number of likely N-dealkylation sites (N-methyl/N-ethyl adjacent to an activating group) is 1. The fraction of sp³-hybridized carbons (Fsp3) is 0.459. The minimum atomic E-state index is -1.78. The molecule has 0 saturated carbocycles. The Morgan fingerprint density at radius 3 is 1.92 bits per heavy atom. The van der Waals surface area contributed by atoms with Crippen molar-refractivity contribution in [3.8, 4) is 5.75 Å². The minimum absolute atomic E-state index is 0.0645. The molecule has 5 heterocycles. The average molecular weight is 1240 g/mol. The number of aliphatic hydroxyl groups excluding tert-OH is 1. The summed E-state index contributed by atoms with van der Waals surface area (Å²) in [6.45, 7) is 5.12. The van der Waals surface area contributed by atoms with Gasteiger partial charge in [0, 0.05) is 93.1 Å². The molecule has 3 aromatic heterocycles. The molecule has 0 spiro atoms. The molecule has 10 amide bonds. The number of aromatic amines is 2. The summed E-state index contributed by atoms with van der Waals surface area (Å²) in [5.74, 6) is -7.63. The van der Waals surface area contributed by atoms with Crippen LogP contribution in [0.2, 0.25) is 0 Å². The highest BCUT2D eigenvalue weighted by molar-refractivity contribution is 5.99. The Kier molecular flexibility index (Phi) is 24.7. The largest absolute Gasteiger partial charge is 0.508 e. The second kappa shape index (κ2) is 32.9. The van der Waals surface area contributed by atoms with E-state index in [0.717, 1.165) is 0 Å². The number of aliphatic hydroxyl groups is 1. The first-order valence-electron chi connectivity index (χ1n) is 30.0. The number of amides is 10. The first-order chi connectivity index (χ1) is 43.2. The molecule has 2 aliphatic rings. The van der Waals surface area contributed by atoms with Crippen LogP contribution < -0.4 is 59.3 Å². The second-order valence-corrected chi connectivity index (χ2v) is 22.7. The van der Waals surface area contributed by atoms with Gasteiger partial charge in [0.05, 0.1) is 12.9 Å². The number of hydrogen-bond acceptors (Lipinski definition) is 15. The number of likely N-dealkylation sites (tertiary alicyclic amines) is 1. The van der Waals surface area contributed by atoms with Crippen LogP contribution >= 0.6 is 0 Å². The number of guanidine groups is 1. The summed E-state index contributed by atoms with van der Waals surface area (Å²) in [5.41, 5.74) is 13.8. The van der Waals surface area contributed by atoms with Crippen LogP contribution in [0, 0.1) is 5.92 Å². The molecule has 90 heavy (non-hydrogen) atoms. The van der Waals surface area contributed by atoms with Crippen LogP contribution in [0.5, 0.6) is 5.75 Å². The Morgan fingerprint density at radius 2 is 1.31 bits per heavy atom. The van der Waals surface area contributed by atoms with E-state index in [1.165, 1.54) is 54.1 Å². The van der Waals surface area contributed by atoms with Crippen LogP contribution in [0.3, 0.4) is 0 Å². The lowest BCUT2D eigenvalue weighted by Crippen LogP contribution is -2.61. The lowest BCUT2D eigenvalue weighted by molar-refractivity contribution is -0.142. The van der Waals surface area contributed by atoms with Crippen molar-refractivity contribution in [1.29, 1.82) is 0 Å². The highest BCUT2D eigenvalue weighted by Gasteiger charge is 2.40. The quantitative estimate of drug-likeness (QED) is 0.0128. The van der Waals surface area contributed by atoms with Gasteiger partial charge < -0.3 is 84.4 Å². The highest BCUT2D eigenvalue weighted by Crippen LogP contribution is 2.22. The van der Waals surface area contributed by atoms with Crippen LogP contribution in [0.1, 0.15) is 88.1 Å². The topological polar surface area (TPSA) is 444 Å². The number of fused-ring (bicyclic) bond motifs is 1. The van der Waals surface area contributed by atoms with E-state index < -0.39 is 108 Å². The number of rotatable bonds is 32. The molecule has 0 aliphatic carbocycles. The number of nitrogens with zero attached hydrogens (tertiary/aromatic N) is 4. The third-order valence-corrected chi connectivity index (χ3v) is 15.4. The molecule has 0 radical (unpaired) electrons. The van der Waals surface area contributed by atoms with Crippen molar-refractivity contribution in [1.82, 2.24) is 72.7 Å². The van der Waals surface area contributed by atoms with Crippen LogP contribution in [0.15, 0.2) is 96.8 Å². The maximum Gasteiger partial charge on any atom is 0.245 e. The number of aromatic nitrogens is 4. The summed E-state index contributed by atoms with van der Waals surface area (Å²) in [6.07, 6.45) is 8.37. The lowest BCUT2D eigenvalue weighted by Gasteiger charge is -2.30. The number of nitrogens with one attached hydrogen (secondary N) is 11. The van der Waals surface area contributed by atoms with Crippen LogP contribution in [-0.2, 0) is 73.6 Å². The number of carbonyl (C=O) groups is 10. The third kappa shape index (κ3) is 19.5. The van der Waals surface area contributed by atoms with Crippen molar-refractivity contribution in [3.05, 3.63) is 114 Å². The number of phenolic OH excluding ortho intramolecular Hbond substituents is 1. The van der Waals surface area contributed by atoms with E-state index in [-0.39, 0.29) is 100 Å². The van der Waals surface area contributed by atoms with Gasteiger partial charge in [-0.05, 0) is 92.3 Å². The molecule has 0 bridgehead atoms. The van der Waals surface area contributed by atoms with Crippen molar-refractivity contribution >= 4 is 75.9 Å². The Labute approximate surface area is 519 Å². The van der Waals surface area contributed by atoms with E-state index in [9.17, 15) is 58.2 Å². The molecule has 2 aromatic carbocycles. The molecule has 2 aliphatic heterocycles. The fourth-order valence-corrected chi connectivity index (χ4v) is 10.8. The van der Waals surface area contributed by atoms with Gasteiger partial charge in [0.2, 0.25) is 59.1 Å². The van der Waals surface area contributed by atoms with E-state index in [1.807, 2.05) is 19.9 Å². The third-order valence-electron chi connectivity index (χ3n) is 15.4. The van der Waals surface area contributed by atoms with Gasteiger partial charge in [-0.3, -0.25) is 57.9 Å². The molecule has 29 nitrogen and oxygen atoms in total.